The molecular formula is C9H8BrNO. The fraction of sp³-hybridized carbons (Fsp3) is 0.222. The highest BCUT2D eigenvalue weighted by Crippen LogP contribution is 2.20. The Morgan fingerprint density at radius 3 is 2.75 bits per heavy atom. The van der Waals surface area contributed by atoms with Crippen LogP contribution in [0.4, 0.5) is 0 Å². The van der Waals surface area contributed by atoms with Gasteiger partial charge < -0.3 is 5.11 Å². The SMILES string of the molecule is C[C@H](O)c1ccc(Br)c(C#N)c1. The lowest BCUT2D eigenvalue weighted by Crippen LogP contribution is -1.91. The van der Waals surface area contributed by atoms with Crippen LogP contribution < -0.4 is 0 Å². The summed E-state index contributed by atoms with van der Waals surface area (Å²) in [6.07, 6.45) is -0.523. The van der Waals surface area contributed by atoms with Crippen LogP contribution in [-0.2, 0) is 0 Å². The first kappa shape index (κ1) is 9.24. The van der Waals surface area contributed by atoms with Gasteiger partial charge in [0, 0.05) is 4.47 Å². The lowest BCUT2D eigenvalue weighted by molar-refractivity contribution is 0.199. The summed E-state index contributed by atoms with van der Waals surface area (Å²) < 4.78 is 0.759. The Labute approximate surface area is 79.6 Å². The molecule has 2 nitrogen and oxygen atoms in total. The Kier molecular flexibility index (Phi) is 2.85. The van der Waals surface area contributed by atoms with Gasteiger partial charge in [-0.25, -0.2) is 0 Å². The van der Waals surface area contributed by atoms with Crippen molar-refractivity contribution in [1.29, 1.82) is 5.26 Å². The molecule has 0 unspecified atom stereocenters. The minimum atomic E-state index is -0.523. The molecular weight excluding hydrogens is 218 g/mol. The smallest absolute Gasteiger partial charge is 0.100 e. The third-order valence-electron chi connectivity index (χ3n) is 1.59. The Morgan fingerprint density at radius 1 is 1.58 bits per heavy atom. The van der Waals surface area contributed by atoms with Crippen LogP contribution >= 0.6 is 15.9 Å². The quantitative estimate of drug-likeness (QED) is 0.798. The van der Waals surface area contributed by atoms with Crippen molar-refractivity contribution in [2.75, 3.05) is 0 Å². The number of rotatable bonds is 1. The highest BCUT2D eigenvalue weighted by Gasteiger charge is 2.04. The summed E-state index contributed by atoms with van der Waals surface area (Å²) in [5.41, 5.74) is 1.31. The van der Waals surface area contributed by atoms with Crippen molar-refractivity contribution in [3.05, 3.63) is 33.8 Å². The van der Waals surface area contributed by atoms with E-state index in [2.05, 4.69) is 15.9 Å². The van der Waals surface area contributed by atoms with E-state index >= 15 is 0 Å². The van der Waals surface area contributed by atoms with Crippen molar-refractivity contribution in [2.45, 2.75) is 13.0 Å². The zero-order chi connectivity index (χ0) is 9.14. The summed E-state index contributed by atoms with van der Waals surface area (Å²) in [6, 6.07) is 7.26. The van der Waals surface area contributed by atoms with Gasteiger partial charge in [-0.1, -0.05) is 6.07 Å². The molecule has 3 heteroatoms. The third kappa shape index (κ3) is 1.84. The van der Waals surface area contributed by atoms with E-state index in [1.807, 2.05) is 6.07 Å². The molecule has 0 spiro atoms. The Balaban J connectivity index is 3.16. The minimum Gasteiger partial charge on any atom is -0.389 e. The monoisotopic (exact) mass is 225 g/mol. The summed E-state index contributed by atoms with van der Waals surface area (Å²) in [4.78, 5) is 0. The summed E-state index contributed by atoms with van der Waals surface area (Å²) in [5.74, 6) is 0. The number of hydrogen-bond donors (Lipinski definition) is 1. The molecule has 1 N–H and O–H groups in total. The van der Waals surface area contributed by atoms with E-state index in [0.717, 1.165) is 10.0 Å². The molecule has 1 aromatic rings. The van der Waals surface area contributed by atoms with Gasteiger partial charge in [0.25, 0.3) is 0 Å². The van der Waals surface area contributed by atoms with Gasteiger partial charge in [0.05, 0.1) is 11.7 Å². The molecule has 0 aromatic heterocycles. The highest BCUT2D eigenvalue weighted by atomic mass is 79.9. The number of aliphatic hydroxyl groups is 1. The number of hydrogen-bond acceptors (Lipinski definition) is 2. The fourth-order valence-corrected chi connectivity index (χ4v) is 1.22. The lowest BCUT2D eigenvalue weighted by atomic mass is 10.1. The van der Waals surface area contributed by atoms with Crippen molar-refractivity contribution in [3.8, 4) is 6.07 Å². The first-order valence-corrected chi connectivity index (χ1v) is 4.32. The van der Waals surface area contributed by atoms with Gasteiger partial charge in [-0.2, -0.15) is 5.26 Å². The summed E-state index contributed by atoms with van der Waals surface area (Å²) in [7, 11) is 0. The third-order valence-corrected chi connectivity index (χ3v) is 2.28. The van der Waals surface area contributed by atoms with Crippen LogP contribution in [0.1, 0.15) is 24.2 Å². The predicted octanol–water partition coefficient (Wildman–Crippen LogP) is 2.37. The molecule has 0 bridgehead atoms. The van der Waals surface area contributed by atoms with Crippen LogP contribution in [0.2, 0.25) is 0 Å². The molecule has 0 heterocycles. The van der Waals surface area contributed by atoms with Gasteiger partial charge in [-0.3, -0.25) is 0 Å². The number of nitriles is 1. The zero-order valence-corrected chi connectivity index (χ0v) is 8.17. The van der Waals surface area contributed by atoms with E-state index in [-0.39, 0.29) is 0 Å². The number of halogens is 1. The summed E-state index contributed by atoms with van der Waals surface area (Å²) >= 11 is 3.24. The minimum absolute atomic E-state index is 0.523. The van der Waals surface area contributed by atoms with Crippen molar-refractivity contribution in [2.24, 2.45) is 0 Å². The molecule has 1 aromatic carbocycles. The molecule has 1 rings (SSSR count). The van der Waals surface area contributed by atoms with Crippen molar-refractivity contribution in [1.82, 2.24) is 0 Å². The number of nitrogens with zero attached hydrogens (tertiary/aromatic N) is 1. The maximum Gasteiger partial charge on any atom is 0.100 e. The van der Waals surface area contributed by atoms with Crippen LogP contribution in [0.15, 0.2) is 22.7 Å². The maximum atomic E-state index is 9.21. The van der Waals surface area contributed by atoms with Crippen molar-refractivity contribution >= 4 is 15.9 Å². The van der Waals surface area contributed by atoms with Gasteiger partial charge in [0.2, 0.25) is 0 Å². The van der Waals surface area contributed by atoms with Crippen molar-refractivity contribution < 1.29 is 5.11 Å². The molecule has 62 valence electrons. The van der Waals surface area contributed by atoms with Gasteiger partial charge in [-0.05, 0) is 40.5 Å². The Bertz CT molecular complexity index is 328. The normalized spacial score (nSPS) is 12.2. The van der Waals surface area contributed by atoms with Crippen molar-refractivity contribution in [3.63, 3.8) is 0 Å². The van der Waals surface area contributed by atoms with Crippen LogP contribution in [0.3, 0.4) is 0 Å². The summed E-state index contributed by atoms with van der Waals surface area (Å²) in [5, 5.41) is 17.9. The Hall–Kier alpha value is -0.850. The topological polar surface area (TPSA) is 44.0 Å². The molecule has 1 atom stereocenters. The van der Waals surface area contributed by atoms with E-state index in [9.17, 15) is 5.11 Å². The fourth-order valence-electron chi connectivity index (χ4n) is 0.888. The van der Waals surface area contributed by atoms with E-state index in [1.54, 1.807) is 25.1 Å². The zero-order valence-electron chi connectivity index (χ0n) is 6.58. The maximum absolute atomic E-state index is 9.21. The molecule has 0 aliphatic heterocycles. The van der Waals surface area contributed by atoms with E-state index < -0.39 is 6.10 Å². The standard InChI is InChI=1S/C9H8BrNO/c1-6(12)7-2-3-9(10)8(4-7)5-11/h2-4,6,12H,1H3/t6-/m0/s1. The second kappa shape index (κ2) is 3.70. The second-order valence-electron chi connectivity index (χ2n) is 2.53. The molecule has 0 fully saturated rings. The molecule has 0 saturated heterocycles. The molecule has 0 saturated carbocycles. The second-order valence-corrected chi connectivity index (χ2v) is 3.38. The number of benzene rings is 1. The molecule has 0 aliphatic carbocycles. The van der Waals surface area contributed by atoms with Crippen LogP contribution in [-0.4, -0.2) is 5.11 Å². The molecule has 0 aliphatic rings. The van der Waals surface area contributed by atoms with Gasteiger partial charge in [0.15, 0.2) is 0 Å². The van der Waals surface area contributed by atoms with E-state index in [0.29, 0.717) is 5.56 Å². The van der Waals surface area contributed by atoms with Crippen LogP contribution in [0.5, 0.6) is 0 Å². The predicted molar refractivity (Wildman–Crippen MR) is 49.5 cm³/mol. The first-order chi connectivity index (χ1) is 5.65. The van der Waals surface area contributed by atoms with E-state index in [1.165, 1.54) is 0 Å². The largest absolute Gasteiger partial charge is 0.389 e. The van der Waals surface area contributed by atoms with Gasteiger partial charge in [0.1, 0.15) is 6.07 Å². The lowest BCUT2D eigenvalue weighted by Gasteiger charge is -2.04. The van der Waals surface area contributed by atoms with Crippen LogP contribution in [0.25, 0.3) is 0 Å². The van der Waals surface area contributed by atoms with Gasteiger partial charge in [-0.15, -0.1) is 0 Å². The molecule has 0 amide bonds. The Morgan fingerprint density at radius 2 is 2.25 bits per heavy atom. The highest BCUT2D eigenvalue weighted by molar-refractivity contribution is 9.10. The number of aliphatic hydroxyl groups excluding tert-OH is 1. The molecule has 12 heavy (non-hydrogen) atoms. The van der Waals surface area contributed by atoms with E-state index in [4.69, 9.17) is 5.26 Å². The van der Waals surface area contributed by atoms with Crippen LogP contribution in [0, 0.1) is 11.3 Å². The molecule has 0 radical (unpaired) electrons. The first-order valence-electron chi connectivity index (χ1n) is 3.52. The average Bonchev–Trinajstić information content (AvgIpc) is 2.05. The average molecular weight is 226 g/mol. The summed E-state index contributed by atoms with van der Waals surface area (Å²) in [6.45, 7) is 1.67. The van der Waals surface area contributed by atoms with Gasteiger partial charge >= 0.3 is 0 Å².